The van der Waals surface area contributed by atoms with E-state index in [1.54, 1.807) is 11.8 Å². The van der Waals surface area contributed by atoms with Gasteiger partial charge < -0.3 is 15.7 Å². The molecule has 0 saturated carbocycles. The molecule has 5 nitrogen and oxygen atoms in total. The Kier molecular flexibility index (Phi) is 7.60. The highest BCUT2D eigenvalue weighted by Gasteiger charge is 2.20. The molecule has 116 valence electrons. The molecule has 1 aromatic rings. The minimum absolute atomic E-state index is 0.211. The fourth-order valence-corrected chi connectivity index (χ4v) is 2.64. The predicted molar refractivity (Wildman–Crippen MR) is 88.6 cm³/mol. The molecule has 0 heterocycles. The Hall–Kier alpha value is -1.21. The third-order valence-electron chi connectivity index (χ3n) is 2.91. The molecule has 7 heteroatoms. The summed E-state index contributed by atoms with van der Waals surface area (Å²) < 4.78 is 0.928. The lowest BCUT2D eigenvalue weighted by molar-refractivity contribution is -0.139. The van der Waals surface area contributed by atoms with E-state index in [1.807, 2.05) is 37.4 Å². The number of thioether (sulfide) groups is 1. The van der Waals surface area contributed by atoms with Crippen molar-refractivity contribution in [3.63, 3.8) is 0 Å². The van der Waals surface area contributed by atoms with Crippen molar-refractivity contribution in [3.8, 4) is 0 Å². The van der Waals surface area contributed by atoms with Crippen molar-refractivity contribution in [1.29, 1.82) is 0 Å². The zero-order valence-electron chi connectivity index (χ0n) is 11.9. The van der Waals surface area contributed by atoms with Crippen LogP contribution in [0.25, 0.3) is 0 Å². The van der Waals surface area contributed by atoms with Gasteiger partial charge in [0.2, 0.25) is 0 Å². The van der Waals surface area contributed by atoms with E-state index in [0.29, 0.717) is 12.2 Å². The molecule has 0 aromatic heterocycles. The van der Waals surface area contributed by atoms with Gasteiger partial charge in [-0.3, -0.25) is 0 Å². The predicted octanol–water partition coefficient (Wildman–Crippen LogP) is 3.02. The van der Waals surface area contributed by atoms with Gasteiger partial charge in [0.05, 0.1) is 6.04 Å². The van der Waals surface area contributed by atoms with E-state index in [2.05, 4.69) is 26.6 Å². The first-order valence-corrected chi connectivity index (χ1v) is 8.67. The number of hydrogen-bond acceptors (Lipinski definition) is 3. The Morgan fingerprint density at radius 2 is 2.10 bits per heavy atom. The largest absolute Gasteiger partial charge is 0.480 e. The maximum atomic E-state index is 11.9. The highest BCUT2D eigenvalue weighted by Crippen LogP contribution is 2.17. The molecule has 0 aliphatic heterocycles. The van der Waals surface area contributed by atoms with Crippen LogP contribution in [-0.2, 0) is 4.79 Å². The monoisotopic (exact) mass is 374 g/mol. The lowest BCUT2D eigenvalue weighted by Gasteiger charge is -2.18. The molecule has 0 fully saturated rings. The van der Waals surface area contributed by atoms with Crippen LogP contribution >= 0.6 is 27.7 Å². The molecule has 1 aromatic carbocycles. The number of urea groups is 1. The van der Waals surface area contributed by atoms with Gasteiger partial charge >= 0.3 is 12.0 Å². The normalized spacial score (nSPS) is 13.3. The fraction of sp³-hybridized carbons (Fsp3) is 0.429. The number of amides is 2. The fourth-order valence-electron chi connectivity index (χ4n) is 1.75. The topological polar surface area (TPSA) is 78.4 Å². The van der Waals surface area contributed by atoms with E-state index in [-0.39, 0.29) is 6.04 Å². The molecule has 0 bridgehead atoms. The highest BCUT2D eigenvalue weighted by molar-refractivity contribution is 9.10. The van der Waals surface area contributed by atoms with E-state index in [0.717, 1.165) is 10.0 Å². The molecular weight excluding hydrogens is 356 g/mol. The first kappa shape index (κ1) is 17.8. The number of nitrogens with one attached hydrogen (secondary N) is 2. The Balaban J connectivity index is 2.57. The van der Waals surface area contributed by atoms with Crippen LogP contribution in [0.1, 0.15) is 24.9 Å². The molecule has 0 aliphatic carbocycles. The summed E-state index contributed by atoms with van der Waals surface area (Å²) in [6.07, 6.45) is 2.30. The van der Waals surface area contributed by atoms with Crippen LogP contribution in [0.15, 0.2) is 28.7 Å². The van der Waals surface area contributed by atoms with E-state index in [4.69, 9.17) is 5.11 Å². The first-order valence-electron chi connectivity index (χ1n) is 6.48. The second-order valence-electron chi connectivity index (χ2n) is 4.57. The van der Waals surface area contributed by atoms with Crippen molar-refractivity contribution in [2.24, 2.45) is 0 Å². The van der Waals surface area contributed by atoms with Gasteiger partial charge in [-0.25, -0.2) is 9.59 Å². The van der Waals surface area contributed by atoms with Gasteiger partial charge in [0.15, 0.2) is 0 Å². The van der Waals surface area contributed by atoms with Crippen LogP contribution in [0.2, 0.25) is 0 Å². The summed E-state index contributed by atoms with van der Waals surface area (Å²) in [5, 5.41) is 14.3. The molecule has 3 N–H and O–H groups in total. The summed E-state index contributed by atoms with van der Waals surface area (Å²) in [4.78, 5) is 23.0. The number of hydrogen-bond donors (Lipinski definition) is 3. The minimum Gasteiger partial charge on any atom is -0.480 e. The quantitative estimate of drug-likeness (QED) is 0.685. The second kappa shape index (κ2) is 8.94. The Bertz CT molecular complexity index is 499. The third kappa shape index (κ3) is 6.39. The van der Waals surface area contributed by atoms with Crippen molar-refractivity contribution in [1.82, 2.24) is 10.6 Å². The van der Waals surface area contributed by atoms with Gasteiger partial charge in [-0.15, -0.1) is 0 Å². The van der Waals surface area contributed by atoms with Crippen molar-refractivity contribution in [2.75, 3.05) is 12.0 Å². The maximum Gasteiger partial charge on any atom is 0.326 e. The third-order valence-corrected chi connectivity index (χ3v) is 4.05. The zero-order valence-corrected chi connectivity index (χ0v) is 14.3. The summed E-state index contributed by atoms with van der Waals surface area (Å²) in [6.45, 7) is 1.85. The van der Waals surface area contributed by atoms with Gasteiger partial charge in [-0.2, -0.15) is 11.8 Å². The zero-order chi connectivity index (χ0) is 15.8. The van der Waals surface area contributed by atoms with E-state index in [1.165, 1.54) is 0 Å². The molecule has 21 heavy (non-hydrogen) atoms. The van der Waals surface area contributed by atoms with Gasteiger partial charge in [0, 0.05) is 4.47 Å². The summed E-state index contributed by atoms with van der Waals surface area (Å²) in [6, 6.07) is 6.04. The van der Waals surface area contributed by atoms with Crippen LogP contribution < -0.4 is 10.6 Å². The molecule has 2 amide bonds. The molecule has 1 rings (SSSR count). The standard InChI is InChI=1S/C14H19BrN2O3S/c1-9(10-4-3-5-11(15)8-10)16-14(20)17-12(13(18)19)6-7-21-2/h3-5,8-9,12H,6-7H2,1-2H3,(H,18,19)(H2,16,17,20). The Labute approximate surface area is 137 Å². The van der Waals surface area contributed by atoms with E-state index < -0.39 is 18.0 Å². The number of carboxylic acid groups (broad SMARTS) is 1. The van der Waals surface area contributed by atoms with Gasteiger partial charge in [-0.05, 0) is 43.0 Å². The summed E-state index contributed by atoms with van der Waals surface area (Å²) in [7, 11) is 0. The maximum absolute atomic E-state index is 11.9. The van der Waals surface area contributed by atoms with E-state index >= 15 is 0 Å². The number of halogens is 1. The number of carboxylic acids is 1. The lowest BCUT2D eigenvalue weighted by Crippen LogP contribution is -2.46. The highest BCUT2D eigenvalue weighted by atomic mass is 79.9. The summed E-state index contributed by atoms with van der Waals surface area (Å²) >= 11 is 4.92. The first-order chi connectivity index (χ1) is 9.93. The summed E-state index contributed by atoms with van der Waals surface area (Å²) in [5.41, 5.74) is 0.940. The van der Waals surface area contributed by atoms with Gasteiger partial charge in [0.25, 0.3) is 0 Å². The molecule has 0 aliphatic rings. The molecule has 0 radical (unpaired) electrons. The Morgan fingerprint density at radius 1 is 1.38 bits per heavy atom. The van der Waals surface area contributed by atoms with Crippen molar-refractivity contribution in [3.05, 3.63) is 34.3 Å². The molecule has 2 unspecified atom stereocenters. The molecule has 0 saturated heterocycles. The lowest BCUT2D eigenvalue weighted by atomic mass is 10.1. The summed E-state index contributed by atoms with van der Waals surface area (Å²) in [5.74, 6) is -0.340. The average Bonchev–Trinajstić information content (AvgIpc) is 2.43. The number of rotatable bonds is 7. The number of carbonyl (C=O) groups excluding carboxylic acids is 1. The van der Waals surface area contributed by atoms with Crippen molar-refractivity contribution >= 4 is 39.7 Å². The number of benzene rings is 1. The minimum atomic E-state index is -1.02. The SMILES string of the molecule is CSCCC(NC(=O)NC(C)c1cccc(Br)c1)C(=O)O. The number of carbonyl (C=O) groups is 2. The molecule has 2 atom stereocenters. The van der Waals surface area contributed by atoms with Crippen LogP contribution in [0, 0.1) is 0 Å². The van der Waals surface area contributed by atoms with Crippen LogP contribution in [0.4, 0.5) is 4.79 Å². The Morgan fingerprint density at radius 3 is 2.67 bits per heavy atom. The van der Waals surface area contributed by atoms with E-state index in [9.17, 15) is 9.59 Å². The number of aliphatic carboxylic acids is 1. The van der Waals surface area contributed by atoms with Crippen LogP contribution in [0.3, 0.4) is 0 Å². The second-order valence-corrected chi connectivity index (χ2v) is 6.47. The molecule has 0 spiro atoms. The van der Waals surface area contributed by atoms with Crippen LogP contribution in [0.5, 0.6) is 0 Å². The van der Waals surface area contributed by atoms with Crippen LogP contribution in [-0.4, -0.2) is 35.2 Å². The smallest absolute Gasteiger partial charge is 0.326 e. The van der Waals surface area contributed by atoms with Crippen molar-refractivity contribution < 1.29 is 14.7 Å². The van der Waals surface area contributed by atoms with Gasteiger partial charge in [-0.1, -0.05) is 28.1 Å². The molecular formula is C14H19BrN2O3S. The van der Waals surface area contributed by atoms with Crippen molar-refractivity contribution in [2.45, 2.75) is 25.4 Å². The average molecular weight is 375 g/mol. The van der Waals surface area contributed by atoms with Gasteiger partial charge in [0.1, 0.15) is 6.04 Å².